The number of nitrogens with zero attached hydrogens (tertiary/aromatic N) is 4. The third kappa shape index (κ3) is 3.98. The molecule has 1 aromatic heterocycles. The van der Waals surface area contributed by atoms with Crippen molar-refractivity contribution in [2.75, 3.05) is 19.6 Å². The maximum atomic E-state index is 12.9. The molecule has 1 fully saturated rings. The van der Waals surface area contributed by atoms with Crippen molar-refractivity contribution in [3.05, 3.63) is 17.7 Å². The molecule has 9 heteroatoms. The van der Waals surface area contributed by atoms with Crippen LogP contribution in [0, 0.1) is 18.3 Å². The molecule has 0 aliphatic carbocycles. The largest absolute Gasteiger partial charge is 0.465 e. The van der Waals surface area contributed by atoms with E-state index in [1.54, 1.807) is 15.7 Å². The minimum Gasteiger partial charge on any atom is -0.465 e. The smallest absolute Gasteiger partial charge is 0.405 e. The highest BCUT2D eigenvalue weighted by molar-refractivity contribution is 5.86. The number of amides is 3. The fourth-order valence-electron chi connectivity index (χ4n) is 4.01. The van der Waals surface area contributed by atoms with Gasteiger partial charge in [-0.25, -0.2) is 14.6 Å². The second-order valence-corrected chi connectivity index (χ2v) is 8.81. The lowest BCUT2D eigenvalue weighted by molar-refractivity contribution is -0.137. The molecular weight excluding hydrogens is 362 g/mol. The fraction of sp³-hybridized carbons (Fsp3) is 0.684. The number of carboxylic acid groups (broad SMARTS) is 1. The molecule has 3 heterocycles. The number of likely N-dealkylation sites (tertiary alicyclic amines) is 1. The zero-order valence-electron chi connectivity index (χ0n) is 16.9. The van der Waals surface area contributed by atoms with Crippen molar-refractivity contribution in [1.82, 2.24) is 24.7 Å². The Morgan fingerprint density at radius 3 is 2.50 bits per heavy atom. The SMILES string of the molecule is Cc1ncc2n1C(=O)N(CC1CCN(C(=O)[C@H](NC(=O)O)C(C)(C)C)CC1)C2. The van der Waals surface area contributed by atoms with Gasteiger partial charge < -0.3 is 20.2 Å². The summed E-state index contributed by atoms with van der Waals surface area (Å²) in [6.45, 7) is 9.77. The Labute approximate surface area is 164 Å². The number of hydrogen-bond donors (Lipinski definition) is 2. The Bertz CT molecular complexity index is 774. The highest BCUT2D eigenvalue weighted by Gasteiger charge is 2.38. The van der Waals surface area contributed by atoms with Gasteiger partial charge in [-0.3, -0.25) is 9.36 Å². The number of rotatable bonds is 4. The van der Waals surface area contributed by atoms with Gasteiger partial charge in [0, 0.05) is 19.6 Å². The molecule has 0 saturated carbocycles. The molecule has 9 nitrogen and oxygen atoms in total. The number of carbonyl (C=O) groups excluding carboxylic acids is 2. The summed E-state index contributed by atoms with van der Waals surface area (Å²) in [5.74, 6) is 0.858. The second kappa shape index (κ2) is 7.44. The Balaban J connectivity index is 1.55. The van der Waals surface area contributed by atoms with E-state index in [4.69, 9.17) is 5.11 Å². The van der Waals surface area contributed by atoms with Crippen molar-refractivity contribution in [2.24, 2.45) is 11.3 Å². The molecule has 3 rings (SSSR count). The Hall–Kier alpha value is -2.58. The van der Waals surface area contributed by atoms with E-state index in [-0.39, 0.29) is 11.9 Å². The van der Waals surface area contributed by atoms with Crippen molar-refractivity contribution >= 4 is 18.0 Å². The van der Waals surface area contributed by atoms with Crippen molar-refractivity contribution < 1.29 is 19.5 Å². The monoisotopic (exact) mass is 391 g/mol. The molecule has 2 N–H and O–H groups in total. The molecule has 154 valence electrons. The van der Waals surface area contributed by atoms with E-state index in [0.29, 0.717) is 37.9 Å². The standard InChI is InChI=1S/C19H29N5O4/c1-12-20-9-14-11-23(18(28)24(12)14)10-13-5-7-22(8-6-13)16(25)15(19(2,3)4)21-17(26)27/h9,13,15,21H,5-8,10-11H2,1-4H3,(H,26,27)/t15-/m0/s1. The van der Waals surface area contributed by atoms with Gasteiger partial charge in [0.05, 0.1) is 18.4 Å². The minimum absolute atomic E-state index is 0.0260. The summed E-state index contributed by atoms with van der Waals surface area (Å²) in [4.78, 5) is 44.3. The van der Waals surface area contributed by atoms with Crippen molar-refractivity contribution in [2.45, 2.75) is 53.1 Å². The minimum atomic E-state index is -1.19. The first-order valence-corrected chi connectivity index (χ1v) is 9.68. The molecule has 2 aliphatic rings. The van der Waals surface area contributed by atoms with E-state index in [1.165, 1.54) is 0 Å². The van der Waals surface area contributed by atoms with Gasteiger partial charge in [-0.15, -0.1) is 0 Å². The number of nitrogens with one attached hydrogen (secondary N) is 1. The number of imidazole rings is 1. The quantitative estimate of drug-likeness (QED) is 0.815. The highest BCUT2D eigenvalue weighted by atomic mass is 16.4. The van der Waals surface area contributed by atoms with E-state index in [1.807, 2.05) is 32.6 Å². The van der Waals surface area contributed by atoms with Crippen molar-refractivity contribution in [3.63, 3.8) is 0 Å². The number of fused-ring (bicyclic) bond motifs is 1. The first kappa shape index (κ1) is 20.2. The predicted molar refractivity (Wildman–Crippen MR) is 102 cm³/mol. The van der Waals surface area contributed by atoms with Crippen LogP contribution in [0.25, 0.3) is 0 Å². The van der Waals surface area contributed by atoms with Crippen LogP contribution in [-0.2, 0) is 11.3 Å². The molecule has 28 heavy (non-hydrogen) atoms. The number of piperidine rings is 1. The highest BCUT2D eigenvalue weighted by Crippen LogP contribution is 2.26. The molecule has 2 aliphatic heterocycles. The lowest BCUT2D eigenvalue weighted by Crippen LogP contribution is -2.56. The maximum Gasteiger partial charge on any atom is 0.405 e. The second-order valence-electron chi connectivity index (χ2n) is 8.81. The van der Waals surface area contributed by atoms with E-state index < -0.39 is 17.6 Å². The summed E-state index contributed by atoms with van der Waals surface area (Å²) >= 11 is 0. The number of hydrogen-bond acceptors (Lipinski definition) is 4. The predicted octanol–water partition coefficient (Wildman–Crippen LogP) is 1.90. The third-order valence-corrected chi connectivity index (χ3v) is 5.61. The topological polar surface area (TPSA) is 108 Å². The number of aromatic nitrogens is 2. The fourth-order valence-corrected chi connectivity index (χ4v) is 4.01. The molecule has 1 saturated heterocycles. The van der Waals surface area contributed by atoms with Gasteiger partial charge in [-0.05, 0) is 31.1 Å². The average Bonchev–Trinajstić information content (AvgIpc) is 3.12. The van der Waals surface area contributed by atoms with Crippen LogP contribution >= 0.6 is 0 Å². The van der Waals surface area contributed by atoms with Crippen LogP contribution in [-0.4, -0.2) is 68.2 Å². The maximum absolute atomic E-state index is 12.9. The van der Waals surface area contributed by atoms with Crippen LogP contribution in [0.5, 0.6) is 0 Å². The first-order valence-electron chi connectivity index (χ1n) is 9.68. The number of aryl methyl sites for hydroxylation is 1. The van der Waals surface area contributed by atoms with Gasteiger partial charge in [0.2, 0.25) is 5.91 Å². The van der Waals surface area contributed by atoms with E-state index in [0.717, 1.165) is 18.5 Å². The third-order valence-electron chi connectivity index (χ3n) is 5.61. The van der Waals surface area contributed by atoms with Gasteiger partial charge in [-0.1, -0.05) is 20.8 Å². The normalized spacial score (nSPS) is 18.9. The molecule has 0 bridgehead atoms. The van der Waals surface area contributed by atoms with Crippen LogP contribution in [0.1, 0.15) is 45.1 Å². The molecule has 3 amide bonds. The lowest BCUT2D eigenvalue weighted by atomic mass is 9.85. The molecule has 0 aromatic carbocycles. The molecule has 1 atom stereocenters. The summed E-state index contributed by atoms with van der Waals surface area (Å²) in [5, 5.41) is 11.4. The zero-order valence-corrected chi connectivity index (χ0v) is 16.9. The summed E-state index contributed by atoms with van der Waals surface area (Å²) in [7, 11) is 0. The van der Waals surface area contributed by atoms with Crippen LogP contribution in [0.2, 0.25) is 0 Å². The first-order chi connectivity index (χ1) is 13.1. The summed E-state index contributed by atoms with van der Waals surface area (Å²) in [5.41, 5.74) is 0.413. The van der Waals surface area contributed by atoms with Crippen LogP contribution in [0.3, 0.4) is 0 Å². The van der Waals surface area contributed by atoms with Gasteiger partial charge in [0.25, 0.3) is 0 Å². The van der Waals surface area contributed by atoms with Crippen LogP contribution in [0.4, 0.5) is 9.59 Å². The summed E-state index contributed by atoms with van der Waals surface area (Å²) in [6, 6.07) is -0.801. The van der Waals surface area contributed by atoms with Gasteiger partial charge in [0.15, 0.2) is 0 Å². The van der Waals surface area contributed by atoms with Gasteiger partial charge in [-0.2, -0.15) is 0 Å². The lowest BCUT2D eigenvalue weighted by Gasteiger charge is -2.38. The zero-order chi connectivity index (χ0) is 20.6. The molecule has 0 unspecified atom stereocenters. The van der Waals surface area contributed by atoms with Crippen LogP contribution in [0.15, 0.2) is 6.20 Å². The van der Waals surface area contributed by atoms with Crippen molar-refractivity contribution in [1.29, 1.82) is 0 Å². The molecule has 0 spiro atoms. The van der Waals surface area contributed by atoms with E-state index in [2.05, 4.69) is 10.3 Å². The molecular formula is C19H29N5O4. The Morgan fingerprint density at radius 2 is 1.96 bits per heavy atom. The van der Waals surface area contributed by atoms with Gasteiger partial charge >= 0.3 is 12.1 Å². The number of carbonyl (C=O) groups is 3. The van der Waals surface area contributed by atoms with E-state index in [9.17, 15) is 14.4 Å². The van der Waals surface area contributed by atoms with Crippen molar-refractivity contribution in [3.8, 4) is 0 Å². The molecule has 0 radical (unpaired) electrons. The Morgan fingerprint density at radius 1 is 1.32 bits per heavy atom. The van der Waals surface area contributed by atoms with E-state index >= 15 is 0 Å². The molecule has 1 aromatic rings. The average molecular weight is 391 g/mol. The Kier molecular flexibility index (Phi) is 5.36. The van der Waals surface area contributed by atoms with Gasteiger partial charge in [0.1, 0.15) is 11.9 Å². The summed E-state index contributed by atoms with van der Waals surface area (Å²) < 4.78 is 1.66. The summed E-state index contributed by atoms with van der Waals surface area (Å²) in [6.07, 6.45) is 2.15. The van der Waals surface area contributed by atoms with Crippen LogP contribution < -0.4 is 5.32 Å².